The summed E-state index contributed by atoms with van der Waals surface area (Å²) in [5.74, 6) is -1.00. The molecule has 0 spiro atoms. The molecule has 0 radical (unpaired) electrons. The molecule has 11 heavy (non-hydrogen) atoms. The Morgan fingerprint density at radius 2 is 2.45 bits per heavy atom. The highest BCUT2D eigenvalue weighted by molar-refractivity contribution is 5.67. The van der Waals surface area contributed by atoms with Gasteiger partial charge in [0, 0.05) is 12.4 Å². The average molecular weight is 155 g/mol. The summed E-state index contributed by atoms with van der Waals surface area (Å²) in [6.07, 6.45) is 2.06. The molecule has 0 saturated carbocycles. The van der Waals surface area contributed by atoms with E-state index in [1.165, 1.54) is 0 Å². The van der Waals surface area contributed by atoms with Crippen LogP contribution in [-0.2, 0) is 4.79 Å². The van der Waals surface area contributed by atoms with Gasteiger partial charge in [-0.15, -0.1) is 0 Å². The van der Waals surface area contributed by atoms with Gasteiger partial charge in [-0.2, -0.15) is 0 Å². The van der Waals surface area contributed by atoms with Crippen molar-refractivity contribution in [2.24, 2.45) is 0 Å². The third-order valence-electron chi connectivity index (χ3n) is 1.37. The van der Waals surface area contributed by atoms with E-state index in [2.05, 4.69) is 4.98 Å². The van der Waals surface area contributed by atoms with E-state index in [4.69, 9.17) is 5.11 Å². The summed E-state index contributed by atoms with van der Waals surface area (Å²) < 4.78 is 0. The highest BCUT2D eigenvalue weighted by Crippen LogP contribution is 2.14. The number of rotatable bonds is 3. The van der Waals surface area contributed by atoms with Crippen LogP contribution in [0.25, 0.3) is 0 Å². The van der Waals surface area contributed by atoms with Gasteiger partial charge in [0.05, 0.1) is 12.5 Å². The lowest BCUT2D eigenvalue weighted by molar-refractivity contribution is -0.139. The molecule has 1 aromatic heterocycles. The molecule has 3 N–H and O–H groups in total. The van der Waals surface area contributed by atoms with Gasteiger partial charge in [0.1, 0.15) is 0 Å². The lowest BCUT2D eigenvalue weighted by atomic mass is 10.1. The number of carbonyl (C=O) groups is 1. The second-order valence-electron chi connectivity index (χ2n) is 2.26. The van der Waals surface area contributed by atoms with Crippen molar-refractivity contribution in [3.8, 4) is 0 Å². The summed E-state index contributed by atoms with van der Waals surface area (Å²) >= 11 is 0. The number of H-pyrrole nitrogens is 1. The van der Waals surface area contributed by atoms with E-state index in [9.17, 15) is 9.90 Å². The first-order valence-corrected chi connectivity index (χ1v) is 3.22. The van der Waals surface area contributed by atoms with Gasteiger partial charge < -0.3 is 15.2 Å². The molecule has 0 bridgehead atoms. The van der Waals surface area contributed by atoms with Crippen molar-refractivity contribution in [3.63, 3.8) is 0 Å². The van der Waals surface area contributed by atoms with Crippen LogP contribution in [0.15, 0.2) is 18.5 Å². The fraction of sp³-hybridized carbons (Fsp3) is 0.286. The maximum Gasteiger partial charge on any atom is 0.306 e. The molecular formula is C7H9NO3. The number of hydrogen-bond donors (Lipinski definition) is 3. The number of carboxylic acids is 1. The normalized spacial score (nSPS) is 12.8. The van der Waals surface area contributed by atoms with Crippen LogP contribution in [0.2, 0.25) is 0 Å². The molecule has 60 valence electrons. The summed E-state index contributed by atoms with van der Waals surface area (Å²) in [6.45, 7) is 0. The van der Waals surface area contributed by atoms with Gasteiger partial charge in [-0.1, -0.05) is 0 Å². The topological polar surface area (TPSA) is 73.3 Å². The first kappa shape index (κ1) is 7.81. The Balaban J connectivity index is 2.56. The summed E-state index contributed by atoms with van der Waals surface area (Å²) in [5, 5.41) is 17.5. The van der Waals surface area contributed by atoms with Gasteiger partial charge in [0.15, 0.2) is 0 Å². The molecule has 0 amide bonds. The molecule has 0 saturated heterocycles. The van der Waals surface area contributed by atoms with Crippen LogP contribution in [-0.4, -0.2) is 21.2 Å². The van der Waals surface area contributed by atoms with Crippen LogP contribution in [0.3, 0.4) is 0 Å². The zero-order chi connectivity index (χ0) is 8.27. The van der Waals surface area contributed by atoms with Crippen molar-refractivity contribution in [1.29, 1.82) is 0 Å². The van der Waals surface area contributed by atoms with Gasteiger partial charge >= 0.3 is 5.97 Å². The number of carboxylic acid groups (broad SMARTS) is 1. The van der Waals surface area contributed by atoms with Crippen molar-refractivity contribution < 1.29 is 15.0 Å². The number of aliphatic hydroxyl groups excluding tert-OH is 1. The standard InChI is InChI=1S/C7H9NO3/c9-6(3-7(10)11)5-1-2-8-4-5/h1-2,4,6,8-9H,3H2,(H,10,11). The number of nitrogens with one attached hydrogen (secondary N) is 1. The molecule has 4 nitrogen and oxygen atoms in total. The number of aliphatic carboxylic acids is 1. The summed E-state index contributed by atoms with van der Waals surface area (Å²) in [5.41, 5.74) is 0.604. The highest BCUT2D eigenvalue weighted by Gasteiger charge is 2.11. The first-order chi connectivity index (χ1) is 5.20. The van der Waals surface area contributed by atoms with E-state index >= 15 is 0 Å². The lowest BCUT2D eigenvalue weighted by Gasteiger charge is -2.03. The van der Waals surface area contributed by atoms with E-state index in [1.54, 1.807) is 18.5 Å². The zero-order valence-corrected chi connectivity index (χ0v) is 5.82. The minimum absolute atomic E-state index is 0.252. The average Bonchev–Trinajstić information content (AvgIpc) is 2.35. The molecule has 0 aliphatic rings. The summed E-state index contributed by atoms with van der Waals surface area (Å²) in [7, 11) is 0. The third-order valence-corrected chi connectivity index (χ3v) is 1.37. The fourth-order valence-corrected chi connectivity index (χ4v) is 0.827. The number of aromatic nitrogens is 1. The van der Waals surface area contributed by atoms with E-state index in [0.717, 1.165) is 0 Å². The quantitative estimate of drug-likeness (QED) is 0.595. The van der Waals surface area contributed by atoms with Crippen molar-refractivity contribution >= 4 is 5.97 Å². The Labute approximate surface area is 63.5 Å². The minimum Gasteiger partial charge on any atom is -0.481 e. The predicted molar refractivity (Wildman–Crippen MR) is 38.0 cm³/mol. The largest absolute Gasteiger partial charge is 0.481 e. The summed E-state index contributed by atoms with van der Waals surface area (Å²) in [4.78, 5) is 12.9. The second-order valence-corrected chi connectivity index (χ2v) is 2.26. The maximum atomic E-state index is 10.1. The minimum atomic E-state index is -1.00. The SMILES string of the molecule is O=C(O)CC(O)c1cc[nH]c1. The van der Waals surface area contributed by atoms with Gasteiger partial charge in [-0.05, 0) is 11.6 Å². The zero-order valence-electron chi connectivity index (χ0n) is 5.82. The van der Waals surface area contributed by atoms with Crippen molar-refractivity contribution in [2.45, 2.75) is 12.5 Å². The molecule has 0 aromatic carbocycles. The van der Waals surface area contributed by atoms with E-state index in [-0.39, 0.29) is 6.42 Å². The number of aliphatic hydroxyl groups is 1. The Morgan fingerprint density at radius 1 is 1.73 bits per heavy atom. The van der Waals surface area contributed by atoms with Gasteiger partial charge in [0.25, 0.3) is 0 Å². The Hall–Kier alpha value is -1.29. The maximum absolute atomic E-state index is 10.1. The van der Waals surface area contributed by atoms with Crippen LogP contribution >= 0.6 is 0 Å². The molecule has 1 rings (SSSR count). The van der Waals surface area contributed by atoms with Crippen LogP contribution in [0, 0.1) is 0 Å². The van der Waals surface area contributed by atoms with Crippen LogP contribution in [0.4, 0.5) is 0 Å². The van der Waals surface area contributed by atoms with Crippen molar-refractivity contribution in [1.82, 2.24) is 4.98 Å². The second kappa shape index (κ2) is 3.21. The van der Waals surface area contributed by atoms with Gasteiger partial charge in [0.2, 0.25) is 0 Å². The van der Waals surface area contributed by atoms with Crippen LogP contribution < -0.4 is 0 Å². The molecule has 1 atom stereocenters. The van der Waals surface area contributed by atoms with E-state index in [1.807, 2.05) is 0 Å². The Kier molecular flexibility index (Phi) is 2.28. The van der Waals surface area contributed by atoms with E-state index < -0.39 is 12.1 Å². The molecule has 1 aromatic rings. The predicted octanol–water partition coefficient (Wildman–Crippen LogP) is 0.523. The lowest BCUT2D eigenvalue weighted by Crippen LogP contribution is -2.04. The third kappa shape index (κ3) is 2.09. The highest BCUT2D eigenvalue weighted by atomic mass is 16.4. The Bertz CT molecular complexity index is 230. The molecule has 4 heteroatoms. The number of hydrogen-bond acceptors (Lipinski definition) is 2. The molecule has 0 fully saturated rings. The van der Waals surface area contributed by atoms with Crippen molar-refractivity contribution in [2.75, 3.05) is 0 Å². The molecule has 0 aliphatic carbocycles. The molecule has 0 aliphatic heterocycles. The van der Waals surface area contributed by atoms with Crippen molar-refractivity contribution in [3.05, 3.63) is 24.0 Å². The van der Waals surface area contributed by atoms with E-state index in [0.29, 0.717) is 5.56 Å². The Morgan fingerprint density at radius 3 is 2.91 bits per heavy atom. The smallest absolute Gasteiger partial charge is 0.306 e. The molecular weight excluding hydrogens is 146 g/mol. The monoisotopic (exact) mass is 155 g/mol. The van der Waals surface area contributed by atoms with Gasteiger partial charge in [-0.25, -0.2) is 0 Å². The summed E-state index contributed by atoms with van der Waals surface area (Å²) in [6, 6.07) is 1.65. The first-order valence-electron chi connectivity index (χ1n) is 3.22. The van der Waals surface area contributed by atoms with Crippen LogP contribution in [0.5, 0.6) is 0 Å². The van der Waals surface area contributed by atoms with Crippen LogP contribution in [0.1, 0.15) is 18.1 Å². The fourth-order valence-electron chi connectivity index (χ4n) is 0.827. The molecule has 1 heterocycles. The molecule has 1 unspecified atom stereocenters. The van der Waals surface area contributed by atoms with Gasteiger partial charge in [-0.3, -0.25) is 4.79 Å². The number of aromatic amines is 1.